The first-order valence-electron chi connectivity index (χ1n) is 8.38. The highest BCUT2D eigenvalue weighted by molar-refractivity contribution is 5.96. The zero-order valence-electron chi connectivity index (χ0n) is 14.7. The Labute approximate surface area is 146 Å². The van der Waals surface area contributed by atoms with Crippen LogP contribution in [0.25, 0.3) is 0 Å². The highest BCUT2D eigenvalue weighted by atomic mass is 16.6. The smallest absolute Gasteiger partial charge is 0.315 e. The number of methoxy groups -OCH3 is 2. The molecule has 8 heteroatoms. The molecule has 2 aliphatic rings. The van der Waals surface area contributed by atoms with Crippen LogP contribution in [0.4, 0.5) is 5.69 Å². The van der Waals surface area contributed by atoms with Crippen LogP contribution in [0, 0.1) is 10.1 Å². The average molecular weight is 349 g/mol. The summed E-state index contributed by atoms with van der Waals surface area (Å²) in [7, 11) is 4.49. The maximum absolute atomic E-state index is 12.9. The van der Waals surface area contributed by atoms with Crippen molar-refractivity contribution in [2.75, 3.05) is 21.3 Å². The number of hydrogen-bond acceptors (Lipinski definition) is 6. The molecule has 2 aliphatic heterocycles. The second kappa shape index (κ2) is 6.87. The van der Waals surface area contributed by atoms with E-state index in [1.165, 1.54) is 26.4 Å². The Morgan fingerprint density at radius 1 is 1.24 bits per heavy atom. The molecule has 25 heavy (non-hydrogen) atoms. The second-order valence-corrected chi connectivity index (χ2v) is 6.67. The number of rotatable bonds is 5. The maximum Gasteiger partial charge on any atom is 0.315 e. The van der Waals surface area contributed by atoms with Gasteiger partial charge >= 0.3 is 5.69 Å². The second-order valence-electron chi connectivity index (χ2n) is 6.67. The normalized spacial score (nSPS) is 24.7. The van der Waals surface area contributed by atoms with Crippen molar-refractivity contribution in [2.45, 2.75) is 43.8 Å². The van der Waals surface area contributed by atoms with Crippen molar-refractivity contribution in [3.63, 3.8) is 0 Å². The molecule has 2 fully saturated rings. The fourth-order valence-corrected chi connectivity index (χ4v) is 3.92. The van der Waals surface area contributed by atoms with Crippen molar-refractivity contribution >= 4 is 11.6 Å². The lowest BCUT2D eigenvalue weighted by Crippen LogP contribution is -2.48. The molecule has 2 saturated heterocycles. The third-order valence-electron chi connectivity index (χ3n) is 5.22. The molecule has 0 aliphatic carbocycles. The number of benzene rings is 1. The molecule has 136 valence electrons. The number of hydrogen-bond donors (Lipinski definition) is 1. The minimum absolute atomic E-state index is 0.0200. The van der Waals surface area contributed by atoms with E-state index in [1.54, 1.807) is 11.9 Å². The van der Waals surface area contributed by atoms with Gasteiger partial charge in [-0.05, 0) is 31.7 Å². The minimum Gasteiger partial charge on any atom is -0.493 e. The molecular weight excluding hydrogens is 326 g/mol. The molecular formula is C17H23N3O5. The van der Waals surface area contributed by atoms with Gasteiger partial charge in [0.1, 0.15) is 0 Å². The summed E-state index contributed by atoms with van der Waals surface area (Å²) in [6, 6.07) is 3.81. The van der Waals surface area contributed by atoms with Gasteiger partial charge in [-0.2, -0.15) is 0 Å². The Kier molecular flexibility index (Phi) is 4.80. The Bertz CT molecular complexity index is 681. The van der Waals surface area contributed by atoms with E-state index in [9.17, 15) is 14.9 Å². The van der Waals surface area contributed by atoms with Gasteiger partial charge in [0, 0.05) is 31.2 Å². The van der Waals surface area contributed by atoms with Crippen molar-refractivity contribution in [3.05, 3.63) is 27.8 Å². The predicted molar refractivity (Wildman–Crippen MR) is 91.3 cm³/mol. The Hall–Kier alpha value is -2.35. The van der Waals surface area contributed by atoms with Gasteiger partial charge in [0.2, 0.25) is 5.75 Å². The first-order valence-corrected chi connectivity index (χ1v) is 8.38. The van der Waals surface area contributed by atoms with Gasteiger partial charge < -0.3 is 19.7 Å². The highest BCUT2D eigenvalue weighted by Gasteiger charge is 2.37. The van der Waals surface area contributed by atoms with Crippen molar-refractivity contribution in [1.29, 1.82) is 0 Å². The van der Waals surface area contributed by atoms with Gasteiger partial charge in [0.05, 0.1) is 24.7 Å². The molecule has 2 bridgehead atoms. The highest BCUT2D eigenvalue weighted by Crippen LogP contribution is 2.38. The van der Waals surface area contributed by atoms with Gasteiger partial charge in [0.25, 0.3) is 5.91 Å². The number of nitro groups is 1. The first kappa shape index (κ1) is 17.5. The van der Waals surface area contributed by atoms with Crippen LogP contribution < -0.4 is 14.8 Å². The van der Waals surface area contributed by atoms with Crippen LogP contribution in [0.1, 0.15) is 36.0 Å². The summed E-state index contributed by atoms with van der Waals surface area (Å²) >= 11 is 0. The number of ether oxygens (including phenoxy) is 2. The molecule has 1 aromatic carbocycles. The largest absolute Gasteiger partial charge is 0.493 e. The molecule has 1 amide bonds. The Morgan fingerprint density at radius 2 is 1.88 bits per heavy atom. The standard InChI is InChI=1S/C17H23N3O5/c1-19(13-8-11-4-5-12(9-13)18-11)17(21)10-6-14(20(22)23)16(25-3)15(7-10)24-2/h6-7,11-13,18H,4-5,8-9H2,1-3H3. The van der Waals surface area contributed by atoms with E-state index in [0.717, 1.165) is 25.7 Å². The molecule has 1 aromatic rings. The summed E-state index contributed by atoms with van der Waals surface area (Å²) in [4.78, 5) is 25.4. The Balaban J connectivity index is 1.88. The number of fused-ring (bicyclic) bond motifs is 2. The average Bonchev–Trinajstić information content (AvgIpc) is 2.96. The van der Waals surface area contributed by atoms with Gasteiger partial charge in [-0.3, -0.25) is 14.9 Å². The van der Waals surface area contributed by atoms with Crippen LogP contribution in [0.5, 0.6) is 11.5 Å². The van der Waals surface area contributed by atoms with Crippen LogP contribution >= 0.6 is 0 Å². The van der Waals surface area contributed by atoms with Gasteiger partial charge in [-0.25, -0.2) is 0 Å². The lowest BCUT2D eigenvalue weighted by molar-refractivity contribution is -0.385. The van der Waals surface area contributed by atoms with E-state index in [-0.39, 0.29) is 34.7 Å². The number of carbonyl (C=O) groups excluding carboxylic acids is 1. The van der Waals surface area contributed by atoms with Crippen LogP contribution in [-0.2, 0) is 0 Å². The zero-order valence-corrected chi connectivity index (χ0v) is 14.7. The van der Waals surface area contributed by atoms with E-state index in [1.807, 2.05) is 0 Å². The van der Waals surface area contributed by atoms with Crippen molar-refractivity contribution in [3.8, 4) is 11.5 Å². The number of piperidine rings is 1. The third-order valence-corrected chi connectivity index (χ3v) is 5.22. The molecule has 8 nitrogen and oxygen atoms in total. The van der Waals surface area contributed by atoms with E-state index < -0.39 is 4.92 Å². The summed E-state index contributed by atoms with van der Waals surface area (Å²) in [6.07, 6.45) is 4.11. The van der Waals surface area contributed by atoms with Gasteiger partial charge in [-0.15, -0.1) is 0 Å². The van der Waals surface area contributed by atoms with Gasteiger partial charge in [-0.1, -0.05) is 0 Å². The quantitative estimate of drug-likeness (QED) is 0.645. The fraction of sp³-hybridized carbons (Fsp3) is 0.588. The molecule has 0 spiro atoms. The summed E-state index contributed by atoms with van der Waals surface area (Å²) in [5.41, 5.74) is -0.0401. The fourth-order valence-electron chi connectivity index (χ4n) is 3.92. The summed E-state index contributed by atoms with van der Waals surface area (Å²) in [6.45, 7) is 0. The van der Waals surface area contributed by atoms with Crippen LogP contribution in [0.2, 0.25) is 0 Å². The minimum atomic E-state index is -0.567. The molecule has 2 heterocycles. The summed E-state index contributed by atoms with van der Waals surface area (Å²) in [5, 5.41) is 14.9. The molecule has 0 radical (unpaired) electrons. The van der Waals surface area contributed by atoms with Gasteiger partial charge in [0.15, 0.2) is 5.75 Å². The zero-order chi connectivity index (χ0) is 18.1. The van der Waals surface area contributed by atoms with E-state index in [4.69, 9.17) is 9.47 Å². The first-order chi connectivity index (χ1) is 11.9. The molecule has 0 saturated carbocycles. The maximum atomic E-state index is 12.9. The topological polar surface area (TPSA) is 93.9 Å². The molecule has 1 N–H and O–H groups in total. The monoisotopic (exact) mass is 349 g/mol. The van der Waals surface area contributed by atoms with Crippen molar-refractivity contribution < 1.29 is 19.2 Å². The van der Waals surface area contributed by atoms with Crippen molar-refractivity contribution in [2.24, 2.45) is 0 Å². The predicted octanol–water partition coefficient (Wildman–Crippen LogP) is 1.97. The molecule has 2 atom stereocenters. The number of carbonyl (C=O) groups is 1. The van der Waals surface area contributed by atoms with Crippen LogP contribution in [0.3, 0.4) is 0 Å². The molecule has 2 unspecified atom stereocenters. The number of nitro benzene ring substituents is 1. The summed E-state index contributed by atoms with van der Waals surface area (Å²) < 4.78 is 10.3. The van der Waals surface area contributed by atoms with Crippen LogP contribution in [-0.4, -0.2) is 55.1 Å². The lowest BCUT2D eigenvalue weighted by Gasteiger charge is -2.35. The van der Waals surface area contributed by atoms with Crippen molar-refractivity contribution in [1.82, 2.24) is 10.2 Å². The van der Waals surface area contributed by atoms with E-state index in [2.05, 4.69) is 5.32 Å². The molecule has 0 aromatic heterocycles. The van der Waals surface area contributed by atoms with Crippen LogP contribution in [0.15, 0.2) is 12.1 Å². The molecule has 3 rings (SSSR count). The summed E-state index contributed by atoms with van der Waals surface area (Å²) in [5.74, 6) is -0.0409. The Morgan fingerprint density at radius 3 is 2.40 bits per heavy atom. The van der Waals surface area contributed by atoms with E-state index >= 15 is 0 Å². The van der Waals surface area contributed by atoms with E-state index in [0.29, 0.717) is 12.1 Å². The number of nitrogens with one attached hydrogen (secondary N) is 1. The lowest BCUT2D eigenvalue weighted by atomic mass is 9.98. The third kappa shape index (κ3) is 3.26. The number of nitrogens with zero attached hydrogens (tertiary/aromatic N) is 2. The number of amides is 1. The SMILES string of the molecule is COc1cc(C(=O)N(C)C2CC3CCC(C2)N3)cc([N+](=O)[O-])c1OC.